The number of hydrogen-bond acceptors (Lipinski definition) is 4. The number of nitrogens with one attached hydrogen (secondary N) is 1. The van der Waals surface area contributed by atoms with Gasteiger partial charge in [-0.3, -0.25) is 4.79 Å². The molecule has 0 bridgehead atoms. The summed E-state index contributed by atoms with van der Waals surface area (Å²) in [5, 5.41) is 13.9. The van der Waals surface area contributed by atoms with Crippen LogP contribution in [-0.2, 0) is 9.59 Å². The number of carbonyl (C=O) groups excluding carboxylic acids is 2. The normalized spacial score (nSPS) is 30.8. The zero-order chi connectivity index (χ0) is 10.8. The van der Waals surface area contributed by atoms with E-state index in [2.05, 4.69) is 5.32 Å². The van der Waals surface area contributed by atoms with Crippen LogP contribution in [0.15, 0.2) is 0 Å². The van der Waals surface area contributed by atoms with Crippen LogP contribution in [0.2, 0.25) is 0 Å². The van der Waals surface area contributed by atoms with Gasteiger partial charge in [0.15, 0.2) is 0 Å². The molecule has 0 radical (unpaired) electrons. The molecule has 0 aliphatic carbocycles. The molecule has 0 aromatic heterocycles. The SMILES string of the molecule is O=C([O-])[C@H]1CCCN1C(=O)[C@H]1CCCN1. The lowest BCUT2D eigenvalue weighted by Gasteiger charge is -2.27. The number of hydrogen-bond donors (Lipinski definition) is 1. The highest BCUT2D eigenvalue weighted by Gasteiger charge is 2.34. The molecule has 2 heterocycles. The Morgan fingerprint density at radius 1 is 1.27 bits per heavy atom. The summed E-state index contributed by atoms with van der Waals surface area (Å²) in [4.78, 5) is 24.2. The number of aliphatic carboxylic acids is 1. The molecule has 0 spiro atoms. The Morgan fingerprint density at radius 2 is 2.07 bits per heavy atom. The lowest BCUT2D eigenvalue weighted by atomic mass is 10.1. The van der Waals surface area contributed by atoms with E-state index >= 15 is 0 Å². The second-order valence-corrected chi connectivity index (χ2v) is 4.16. The van der Waals surface area contributed by atoms with Gasteiger partial charge in [0.05, 0.1) is 18.1 Å². The van der Waals surface area contributed by atoms with E-state index in [9.17, 15) is 14.7 Å². The van der Waals surface area contributed by atoms with E-state index in [1.54, 1.807) is 0 Å². The number of nitrogens with zero attached hydrogens (tertiary/aromatic N) is 1. The first-order valence-corrected chi connectivity index (χ1v) is 5.45. The Bertz CT molecular complexity index is 274. The molecule has 0 aromatic rings. The van der Waals surface area contributed by atoms with Crippen molar-refractivity contribution in [2.45, 2.75) is 37.8 Å². The van der Waals surface area contributed by atoms with Gasteiger partial charge in [-0.05, 0) is 32.2 Å². The standard InChI is InChI=1S/C10H16N2O3/c13-9(7-3-1-5-11-7)12-6-2-4-8(12)10(14)15/h7-8,11H,1-6H2,(H,14,15)/p-1/t7-,8-/m1/s1. The maximum atomic E-state index is 11.9. The van der Waals surface area contributed by atoms with Gasteiger partial charge in [-0.2, -0.15) is 0 Å². The topological polar surface area (TPSA) is 72.5 Å². The monoisotopic (exact) mass is 211 g/mol. The second-order valence-electron chi connectivity index (χ2n) is 4.16. The molecular formula is C10H15N2O3-. The summed E-state index contributed by atoms with van der Waals surface area (Å²) < 4.78 is 0. The van der Waals surface area contributed by atoms with E-state index in [1.165, 1.54) is 4.90 Å². The summed E-state index contributed by atoms with van der Waals surface area (Å²) in [5.41, 5.74) is 0. The van der Waals surface area contributed by atoms with Crippen molar-refractivity contribution in [1.82, 2.24) is 10.2 Å². The van der Waals surface area contributed by atoms with Crippen LogP contribution in [0.25, 0.3) is 0 Å². The predicted molar refractivity (Wildman–Crippen MR) is 50.8 cm³/mol. The summed E-state index contributed by atoms with van der Waals surface area (Å²) in [6.07, 6.45) is 3.09. The van der Waals surface area contributed by atoms with Crippen molar-refractivity contribution in [3.8, 4) is 0 Å². The van der Waals surface area contributed by atoms with Gasteiger partial charge in [-0.25, -0.2) is 0 Å². The zero-order valence-electron chi connectivity index (χ0n) is 8.57. The van der Waals surface area contributed by atoms with E-state index in [4.69, 9.17) is 0 Å². The van der Waals surface area contributed by atoms with Gasteiger partial charge in [-0.1, -0.05) is 0 Å². The molecule has 0 aromatic carbocycles. The van der Waals surface area contributed by atoms with Gasteiger partial charge in [0.25, 0.3) is 0 Å². The van der Waals surface area contributed by atoms with Crippen LogP contribution in [-0.4, -0.2) is 41.9 Å². The molecule has 0 saturated carbocycles. The fourth-order valence-electron chi connectivity index (χ4n) is 2.37. The van der Waals surface area contributed by atoms with Crippen molar-refractivity contribution in [2.75, 3.05) is 13.1 Å². The highest BCUT2D eigenvalue weighted by atomic mass is 16.4. The third kappa shape index (κ3) is 1.97. The van der Waals surface area contributed by atoms with Crippen LogP contribution in [0.5, 0.6) is 0 Å². The summed E-state index contributed by atoms with van der Waals surface area (Å²) in [6, 6.07) is -0.884. The van der Waals surface area contributed by atoms with Crippen molar-refractivity contribution >= 4 is 11.9 Å². The molecular weight excluding hydrogens is 196 g/mol. The molecule has 1 amide bonds. The molecule has 2 rings (SSSR count). The summed E-state index contributed by atoms with van der Waals surface area (Å²) in [7, 11) is 0. The largest absolute Gasteiger partial charge is 0.548 e. The first kappa shape index (κ1) is 10.4. The quantitative estimate of drug-likeness (QED) is 0.602. The minimum Gasteiger partial charge on any atom is -0.548 e. The van der Waals surface area contributed by atoms with E-state index < -0.39 is 12.0 Å². The number of carbonyl (C=O) groups is 2. The average molecular weight is 211 g/mol. The van der Waals surface area contributed by atoms with E-state index in [0.717, 1.165) is 25.8 Å². The van der Waals surface area contributed by atoms with Crippen LogP contribution in [0, 0.1) is 0 Å². The molecule has 0 unspecified atom stereocenters. The fourth-order valence-corrected chi connectivity index (χ4v) is 2.37. The first-order valence-electron chi connectivity index (χ1n) is 5.45. The Kier molecular flexibility index (Phi) is 2.90. The smallest absolute Gasteiger partial charge is 0.240 e. The van der Waals surface area contributed by atoms with E-state index in [1.807, 2.05) is 0 Å². The van der Waals surface area contributed by atoms with E-state index in [-0.39, 0.29) is 11.9 Å². The molecule has 1 N–H and O–H groups in total. The molecule has 2 saturated heterocycles. The number of rotatable bonds is 2. The van der Waals surface area contributed by atoms with E-state index in [0.29, 0.717) is 13.0 Å². The minimum absolute atomic E-state index is 0.0702. The Labute approximate surface area is 88.4 Å². The predicted octanol–water partition coefficient (Wildman–Crippen LogP) is -1.52. The number of likely N-dealkylation sites (tertiary alicyclic amines) is 1. The third-order valence-electron chi connectivity index (χ3n) is 3.17. The Hall–Kier alpha value is -1.10. The number of amides is 1. The lowest BCUT2D eigenvalue weighted by molar-refractivity contribution is -0.310. The summed E-state index contributed by atoms with van der Waals surface area (Å²) >= 11 is 0. The fraction of sp³-hybridized carbons (Fsp3) is 0.800. The second kappa shape index (κ2) is 4.18. The van der Waals surface area contributed by atoms with Crippen molar-refractivity contribution < 1.29 is 14.7 Å². The summed E-state index contributed by atoms with van der Waals surface area (Å²) in [6.45, 7) is 1.40. The Morgan fingerprint density at radius 3 is 2.67 bits per heavy atom. The third-order valence-corrected chi connectivity index (χ3v) is 3.17. The van der Waals surface area contributed by atoms with Crippen LogP contribution < -0.4 is 10.4 Å². The molecule has 2 fully saturated rings. The zero-order valence-corrected chi connectivity index (χ0v) is 8.57. The van der Waals surface area contributed by atoms with Crippen molar-refractivity contribution in [2.24, 2.45) is 0 Å². The maximum Gasteiger partial charge on any atom is 0.240 e. The van der Waals surface area contributed by atoms with Gasteiger partial charge in [0.1, 0.15) is 0 Å². The lowest BCUT2D eigenvalue weighted by Crippen LogP contribution is -2.51. The number of carboxylic acids is 1. The van der Waals surface area contributed by atoms with Gasteiger partial charge in [0, 0.05) is 6.54 Å². The van der Waals surface area contributed by atoms with Gasteiger partial charge in [0.2, 0.25) is 5.91 Å². The van der Waals surface area contributed by atoms with Crippen molar-refractivity contribution in [3.63, 3.8) is 0 Å². The number of carboxylic acid groups (broad SMARTS) is 1. The molecule has 5 heteroatoms. The first-order chi connectivity index (χ1) is 7.20. The van der Waals surface area contributed by atoms with Gasteiger partial charge >= 0.3 is 0 Å². The van der Waals surface area contributed by atoms with Crippen LogP contribution in [0.4, 0.5) is 0 Å². The summed E-state index contributed by atoms with van der Waals surface area (Å²) in [5.74, 6) is -1.20. The van der Waals surface area contributed by atoms with Crippen LogP contribution >= 0.6 is 0 Å². The van der Waals surface area contributed by atoms with Crippen LogP contribution in [0.3, 0.4) is 0 Å². The van der Waals surface area contributed by atoms with Gasteiger partial charge in [-0.15, -0.1) is 0 Å². The molecule has 2 aliphatic heterocycles. The molecule has 5 nitrogen and oxygen atoms in total. The van der Waals surface area contributed by atoms with Crippen molar-refractivity contribution in [1.29, 1.82) is 0 Å². The molecule has 84 valence electrons. The molecule has 2 aliphatic rings. The van der Waals surface area contributed by atoms with Crippen LogP contribution in [0.1, 0.15) is 25.7 Å². The van der Waals surface area contributed by atoms with Gasteiger partial charge < -0.3 is 20.1 Å². The maximum absolute atomic E-state index is 11.9. The highest BCUT2D eigenvalue weighted by Crippen LogP contribution is 2.19. The average Bonchev–Trinajstić information content (AvgIpc) is 2.88. The molecule has 15 heavy (non-hydrogen) atoms. The highest BCUT2D eigenvalue weighted by molar-refractivity contribution is 5.87. The molecule has 2 atom stereocenters. The van der Waals surface area contributed by atoms with Crippen molar-refractivity contribution in [3.05, 3.63) is 0 Å². The minimum atomic E-state index is -1.13. The Balaban J connectivity index is 2.02.